The van der Waals surface area contributed by atoms with E-state index in [4.69, 9.17) is 16.3 Å². The fraction of sp³-hybridized carbons (Fsp3) is 0.364. The molecule has 2 N–H and O–H groups in total. The first-order valence-electron chi connectivity index (χ1n) is 5.15. The first-order valence-corrected chi connectivity index (χ1v) is 6.41. The van der Waals surface area contributed by atoms with Crippen molar-refractivity contribution in [2.75, 3.05) is 6.61 Å². The molecule has 0 aliphatic carbocycles. The molecular weight excluding hydrogens is 262 g/mol. The second-order valence-corrected chi connectivity index (χ2v) is 5.27. The van der Waals surface area contributed by atoms with Gasteiger partial charge < -0.3 is 14.9 Å². The maximum Gasteiger partial charge on any atom is 0.147 e. The van der Waals surface area contributed by atoms with Gasteiger partial charge in [0.15, 0.2) is 0 Å². The predicted molar refractivity (Wildman–Crippen MR) is 65.8 cm³/mol. The monoisotopic (exact) mass is 271 g/mol. The maximum absolute atomic E-state index is 10.1. The zero-order valence-corrected chi connectivity index (χ0v) is 10.5. The van der Waals surface area contributed by atoms with E-state index in [-0.39, 0.29) is 6.61 Å². The van der Waals surface area contributed by atoms with Gasteiger partial charge in [0, 0.05) is 22.0 Å². The standard InChI is InChI=1S/C11H10ClNO3S/c1-4-7-8-6(16-2-5(14)9(7)15)3-17-10(8)11(12)13-4/h3,5,9,14-15H,2H2,1H3. The van der Waals surface area contributed by atoms with E-state index in [0.29, 0.717) is 22.2 Å². The molecule has 2 aromatic heterocycles. The minimum absolute atomic E-state index is 0.0682. The average molecular weight is 272 g/mol. The third kappa shape index (κ3) is 1.54. The summed E-state index contributed by atoms with van der Waals surface area (Å²) in [4.78, 5) is 4.20. The van der Waals surface area contributed by atoms with E-state index in [1.165, 1.54) is 11.3 Å². The summed E-state index contributed by atoms with van der Waals surface area (Å²) in [7, 11) is 0. The predicted octanol–water partition coefficient (Wildman–Crippen LogP) is 2.04. The summed E-state index contributed by atoms with van der Waals surface area (Å²) >= 11 is 7.49. The highest BCUT2D eigenvalue weighted by Gasteiger charge is 2.30. The van der Waals surface area contributed by atoms with Crippen LogP contribution in [0, 0.1) is 6.92 Å². The van der Waals surface area contributed by atoms with Gasteiger partial charge in [-0.05, 0) is 6.92 Å². The Morgan fingerprint density at radius 3 is 3.06 bits per heavy atom. The number of aromatic nitrogens is 1. The van der Waals surface area contributed by atoms with Gasteiger partial charge in [-0.1, -0.05) is 11.6 Å². The van der Waals surface area contributed by atoms with Crippen molar-refractivity contribution < 1.29 is 14.9 Å². The van der Waals surface area contributed by atoms with Gasteiger partial charge in [-0.25, -0.2) is 4.98 Å². The molecule has 4 nitrogen and oxygen atoms in total. The number of aliphatic hydroxyl groups excluding tert-OH is 2. The van der Waals surface area contributed by atoms with Crippen LogP contribution in [0.2, 0.25) is 5.15 Å². The van der Waals surface area contributed by atoms with Crippen LogP contribution in [0.15, 0.2) is 5.38 Å². The van der Waals surface area contributed by atoms with Crippen molar-refractivity contribution in [1.29, 1.82) is 0 Å². The zero-order chi connectivity index (χ0) is 12.2. The van der Waals surface area contributed by atoms with E-state index in [1.54, 1.807) is 6.92 Å². The van der Waals surface area contributed by atoms with Gasteiger partial charge in [-0.2, -0.15) is 0 Å². The number of ether oxygens (including phenoxy) is 1. The summed E-state index contributed by atoms with van der Waals surface area (Å²) in [5.74, 6) is 0.656. The number of halogens is 1. The van der Waals surface area contributed by atoms with Crippen molar-refractivity contribution in [3.8, 4) is 5.75 Å². The maximum atomic E-state index is 10.1. The van der Waals surface area contributed by atoms with Crippen LogP contribution in [0.5, 0.6) is 5.75 Å². The number of hydrogen-bond donors (Lipinski definition) is 2. The molecule has 0 saturated heterocycles. The number of rotatable bonds is 0. The molecule has 0 fully saturated rings. The molecule has 90 valence electrons. The molecule has 0 saturated carbocycles. The summed E-state index contributed by atoms with van der Waals surface area (Å²) in [6.45, 7) is 1.84. The number of thiophene rings is 1. The van der Waals surface area contributed by atoms with Crippen molar-refractivity contribution in [2.45, 2.75) is 19.1 Å². The fourth-order valence-electron chi connectivity index (χ4n) is 2.11. The van der Waals surface area contributed by atoms with E-state index in [2.05, 4.69) is 4.98 Å². The van der Waals surface area contributed by atoms with Gasteiger partial charge >= 0.3 is 0 Å². The summed E-state index contributed by atoms with van der Waals surface area (Å²) < 4.78 is 6.25. The highest BCUT2D eigenvalue weighted by Crippen LogP contribution is 2.43. The molecule has 1 aliphatic heterocycles. The van der Waals surface area contributed by atoms with Gasteiger partial charge in [0.2, 0.25) is 0 Å². The molecule has 0 aromatic carbocycles. The van der Waals surface area contributed by atoms with Crippen LogP contribution in [0.1, 0.15) is 17.4 Å². The van der Waals surface area contributed by atoms with Crippen molar-refractivity contribution in [3.05, 3.63) is 21.8 Å². The van der Waals surface area contributed by atoms with Crippen molar-refractivity contribution in [2.24, 2.45) is 0 Å². The average Bonchev–Trinajstić information content (AvgIpc) is 2.65. The summed E-state index contributed by atoms with van der Waals surface area (Å²) in [6.07, 6.45) is -1.93. The Kier molecular flexibility index (Phi) is 2.52. The van der Waals surface area contributed by atoms with Crippen LogP contribution in [0.25, 0.3) is 10.1 Å². The first-order chi connectivity index (χ1) is 8.09. The van der Waals surface area contributed by atoms with E-state index in [0.717, 1.165) is 10.1 Å². The normalized spacial score (nSPS) is 23.5. The topological polar surface area (TPSA) is 62.6 Å². The molecule has 0 amide bonds. The summed E-state index contributed by atoms with van der Waals surface area (Å²) in [5, 5.41) is 22.9. The van der Waals surface area contributed by atoms with Crippen molar-refractivity contribution in [3.63, 3.8) is 0 Å². The molecule has 1 aliphatic rings. The Morgan fingerprint density at radius 2 is 2.29 bits per heavy atom. The van der Waals surface area contributed by atoms with Gasteiger partial charge in [-0.15, -0.1) is 11.3 Å². The van der Waals surface area contributed by atoms with E-state index < -0.39 is 12.2 Å². The van der Waals surface area contributed by atoms with Crippen LogP contribution < -0.4 is 4.74 Å². The van der Waals surface area contributed by atoms with Crippen LogP contribution >= 0.6 is 22.9 Å². The molecule has 2 atom stereocenters. The van der Waals surface area contributed by atoms with Gasteiger partial charge in [0.1, 0.15) is 29.7 Å². The van der Waals surface area contributed by atoms with Crippen LogP contribution in [0.4, 0.5) is 0 Å². The SMILES string of the molecule is Cc1nc(Cl)c2scc3c2c1C(O)C(O)CO3. The minimum Gasteiger partial charge on any atom is -0.489 e. The van der Waals surface area contributed by atoms with E-state index in [9.17, 15) is 10.2 Å². The van der Waals surface area contributed by atoms with E-state index >= 15 is 0 Å². The minimum atomic E-state index is -0.988. The number of pyridine rings is 1. The molecule has 2 unspecified atom stereocenters. The van der Waals surface area contributed by atoms with Crippen LogP contribution in [-0.4, -0.2) is 27.9 Å². The second-order valence-electron chi connectivity index (χ2n) is 4.03. The fourth-order valence-corrected chi connectivity index (χ4v) is 3.35. The lowest BCUT2D eigenvalue weighted by Crippen LogP contribution is -2.24. The van der Waals surface area contributed by atoms with Crippen molar-refractivity contribution >= 4 is 33.0 Å². The number of aryl methyl sites for hydroxylation is 1. The lowest BCUT2D eigenvalue weighted by molar-refractivity contribution is -0.00509. The smallest absolute Gasteiger partial charge is 0.147 e. The summed E-state index contributed by atoms with van der Waals surface area (Å²) in [6, 6.07) is 0. The third-order valence-electron chi connectivity index (χ3n) is 2.94. The second kappa shape index (κ2) is 3.81. The lowest BCUT2D eigenvalue weighted by Gasteiger charge is -2.16. The molecule has 3 heterocycles. The third-order valence-corrected chi connectivity index (χ3v) is 4.29. The molecule has 0 bridgehead atoms. The molecule has 17 heavy (non-hydrogen) atoms. The molecule has 3 rings (SSSR count). The Balaban J connectivity index is 2.42. The lowest BCUT2D eigenvalue weighted by atomic mass is 10.0. The number of nitrogens with zero attached hydrogens (tertiary/aromatic N) is 1. The summed E-state index contributed by atoms with van der Waals surface area (Å²) in [5.41, 5.74) is 1.24. The number of hydrogen-bond acceptors (Lipinski definition) is 5. The van der Waals surface area contributed by atoms with Gasteiger partial charge in [0.05, 0.1) is 4.70 Å². The Labute approximate surface area is 106 Å². The Morgan fingerprint density at radius 1 is 1.53 bits per heavy atom. The molecular formula is C11H10ClNO3S. The molecule has 0 radical (unpaired) electrons. The van der Waals surface area contributed by atoms with E-state index in [1.807, 2.05) is 5.38 Å². The first kappa shape index (κ1) is 11.2. The van der Waals surface area contributed by atoms with Crippen LogP contribution in [-0.2, 0) is 0 Å². The Bertz CT molecular complexity index is 598. The largest absolute Gasteiger partial charge is 0.489 e. The molecule has 0 spiro atoms. The molecule has 6 heteroatoms. The number of aliphatic hydroxyl groups is 2. The van der Waals surface area contributed by atoms with Crippen LogP contribution in [0.3, 0.4) is 0 Å². The zero-order valence-electron chi connectivity index (χ0n) is 8.98. The van der Waals surface area contributed by atoms with Crippen molar-refractivity contribution in [1.82, 2.24) is 4.98 Å². The highest BCUT2D eigenvalue weighted by atomic mass is 35.5. The molecule has 2 aromatic rings. The highest BCUT2D eigenvalue weighted by molar-refractivity contribution is 7.18. The van der Waals surface area contributed by atoms with Gasteiger partial charge in [-0.3, -0.25) is 0 Å². The quantitative estimate of drug-likeness (QED) is 0.720. The Hall–Kier alpha value is -0.880. The van der Waals surface area contributed by atoms with Gasteiger partial charge in [0.25, 0.3) is 0 Å².